The number of nitrogens with two attached hydrogens (primary N) is 1. The molecule has 1 saturated heterocycles. The van der Waals surface area contributed by atoms with Gasteiger partial charge in [0, 0.05) is 12.3 Å². The fourth-order valence-electron chi connectivity index (χ4n) is 2.62. The third-order valence-electron chi connectivity index (χ3n) is 3.77. The van der Waals surface area contributed by atoms with Crippen LogP contribution in [0, 0.1) is 11.7 Å². The Balaban J connectivity index is 1.81. The summed E-state index contributed by atoms with van der Waals surface area (Å²) in [6.07, 6.45) is 2.68. The van der Waals surface area contributed by atoms with Crippen molar-refractivity contribution in [2.45, 2.75) is 36.3 Å². The smallest absolute Gasteiger partial charge is 0.243 e. The molecule has 0 radical (unpaired) electrons. The Bertz CT molecular complexity index is 616. The molecule has 0 aromatic heterocycles. The highest BCUT2D eigenvalue weighted by molar-refractivity contribution is 7.89. The van der Waals surface area contributed by atoms with E-state index in [4.69, 9.17) is 10.5 Å². The van der Waals surface area contributed by atoms with Gasteiger partial charge in [-0.25, -0.2) is 17.5 Å². The van der Waals surface area contributed by atoms with Crippen molar-refractivity contribution in [3.63, 3.8) is 0 Å². The number of anilines is 1. The van der Waals surface area contributed by atoms with Gasteiger partial charge >= 0.3 is 0 Å². The summed E-state index contributed by atoms with van der Waals surface area (Å²) >= 11 is 0. The Morgan fingerprint density at radius 1 is 1.30 bits per heavy atom. The molecular weight excluding hydrogens is 283 g/mol. The lowest BCUT2D eigenvalue weighted by Gasteiger charge is -2.19. The molecule has 2 unspecified atom stereocenters. The first-order valence-electron chi connectivity index (χ1n) is 6.66. The molecule has 20 heavy (non-hydrogen) atoms. The Hall–Kier alpha value is -1.18. The molecule has 1 aliphatic carbocycles. The zero-order chi connectivity index (χ0) is 14.3. The van der Waals surface area contributed by atoms with E-state index < -0.39 is 15.8 Å². The molecule has 5 nitrogen and oxygen atoms in total. The summed E-state index contributed by atoms with van der Waals surface area (Å²) in [6.45, 7) is 0.540. The lowest BCUT2D eigenvalue weighted by Crippen LogP contribution is -2.41. The maximum Gasteiger partial charge on any atom is 0.243 e. The number of nitrogen functional groups attached to an aromatic ring is 1. The van der Waals surface area contributed by atoms with Crippen LogP contribution in [0.25, 0.3) is 0 Å². The molecule has 0 spiro atoms. The normalized spacial score (nSPS) is 26.9. The number of nitrogens with one attached hydrogen (secondary N) is 1. The van der Waals surface area contributed by atoms with Gasteiger partial charge < -0.3 is 10.5 Å². The van der Waals surface area contributed by atoms with E-state index in [1.54, 1.807) is 0 Å². The SMILES string of the molecule is Nc1ccc(S(=O)(=O)NC2CCOC2C2CC2)c(F)c1. The number of rotatable bonds is 4. The fourth-order valence-corrected chi connectivity index (χ4v) is 3.97. The second-order valence-electron chi connectivity index (χ2n) is 5.38. The third kappa shape index (κ3) is 2.65. The molecule has 3 N–H and O–H groups in total. The van der Waals surface area contributed by atoms with Crippen molar-refractivity contribution in [2.24, 2.45) is 5.92 Å². The van der Waals surface area contributed by atoms with E-state index in [1.807, 2.05) is 0 Å². The summed E-state index contributed by atoms with van der Waals surface area (Å²) in [7, 11) is -3.89. The van der Waals surface area contributed by atoms with Gasteiger partial charge in [-0.1, -0.05) is 0 Å². The van der Waals surface area contributed by atoms with E-state index in [1.165, 1.54) is 12.1 Å². The summed E-state index contributed by atoms with van der Waals surface area (Å²) in [5.74, 6) is -0.402. The highest BCUT2D eigenvalue weighted by atomic mass is 32.2. The number of ether oxygens (including phenoxy) is 1. The zero-order valence-corrected chi connectivity index (χ0v) is 11.7. The molecular formula is C13H17FN2O3S. The second kappa shape index (κ2) is 4.98. The number of sulfonamides is 1. The molecule has 2 fully saturated rings. The molecule has 2 aliphatic rings. The van der Waals surface area contributed by atoms with E-state index in [2.05, 4.69) is 4.72 Å². The second-order valence-corrected chi connectivity index (χ2v) is 7.06. The van der Waals surface area contributed by atoms with Gasteiger partial charge in [-0.05, 0) is 43.4 Å². The first-order chi connectivity index (χ1) is 9.47. The van der Waals surface area contributed by atoms with Gasteiger partial charge in [0.2, 0.25) is 10.0 Å². The van der Waals surface area contributed by atoms with E-state index in [0.717, 1.165) is 18.9 Å². The van der Waals surface area contributed by atoms with Crippen LogP contribution in [0.4, 0.5) is 10.1 Å². The molecule has 0 amide bonds. The molecule has 110 valence electrons. The Morgan fingerprint density at radius 2 is 2.05 bits per heavy atom. The standard InChI is InChI=1S/C13H17FN2O3S/c14-10-7-9(15)3-4-12(10)20(17,18)16-11-5-6-19-13(11)8-1-2-8/h3-4,7-8,11,13,16H,1-2,5-6,15H2. The molecule has 3 rings (SSSR count). The van der Waals surface area contributed by atoms with Gasteiger partial charge in [0.15, 0.2) is 0 Å². The molecule has 1 aliphatic heterocycles. The van der Waals surface area contributed by atoms with Crippen molar-refractivity contribution >= 4 is 15.7 Å². The predicted octanol–water partition coefficient (Wildman–Crippen LogP) is 1.25. The van der Waals surface area contributed by atoms with Gasteiger partial charge in [-0.15, -0.1) is 0 Å². The number of hydrogen-bond acceptors (Lipinski definition) is 4. The van der Waals surface area contributed by atoms with E-state index in [9.17, 15) is 12.8 Å². The lowest BCUT2D eigenvalue weighted by molar-refractivity contribution is 0.0848. The Morgan fingerprint density at radius 3 is 2.70 bits per heavy atom. The van der Waals surface area contributed by atoms with Crippen molar-refractivity contribution in [3.05, 3.63) is 24.0 Å². The number of halogens is 1. The number of hydrogen-bond donors (Lipinski definition) is 2. The molecule has 2 atom stereocenters. The van der Waals surface area contributed by atoms with E-state index in [-0.39, 0.29) is 22.7 Å². The molecule has 0 bridgehead atoms. The molecule has 1 heterocycles. The first kappa shape index (κ1) is 13.8. The summed E-state index contributed by atoms with van der Waals surface area (Å²) in [6, 6.07) is 3.30. The van der Waals surface area contributed by atoms with Gasteiger partial charge in [0.05, 0.1) is 12.1 Å². The van der Waals surface area contributed by atoms with Crippen LogP contribution in [0.3, 0.4) is 0 Å². The van der Waals surface area contributed by atoms with Gasteiger partial charge in [0.25, 0.3) is 0 Å². The van der Waals surface area contributed by atoms with E-state index >= 15 is 0 Å². The summed E-state index contributed by atoms with van der Waals surface area (Å²) in [4.78, 5) is -0.367. The highest BCUT2D eigenvalue weighted by Gasteiger charge is 2.42. The van der Waals surface area contributed by atoms with Gasteiger partial charge in [-0.2, -0.15) is 0 Å². The van der Waals surface area contributed by atoms with Crippen molar-refractivity contribution in [3.8, 4) is 0 Å². The van der Waals surface area contributed by atoms with Crippen LogP contribution in [0.1, 0.15) is 19.3 Å². The third-order valence-corrected chi connectivity index (χ3v) is 5.30. The lowest BCUT2D eigenvalue weighted by atomic mass is 10.1. The minimum Gasteiger partial charge on any atom is -0.399 e. The van der Waals surface area contributed by atoms with Crippen molar-refractivity contribution in [2.75, 3.05) is 12.3 Å². The number of benzene rings is 1. The summed E-state index contributed by atoms with van der Waals surface area (Å²) in [5, 5.41) is 0. The van der Waals surface area contributed by atoms with Crippen LogP contribution in [0.5, 0.6) is 0 Å². The average molecular weight is 300 g/mol. The van der Waals surface area contributed by atoms with Crippen LogP contribution >= 0.6 is 0 Å². The van der Waals surface area contributed by atoms with Crippen LogP contribution in [0.2, 0.25) is 0 Å². The minimum absolute atomic E-state index is 0.0818. The Kier molecular flexibility index (Phi) is 3.43. The van der Waals surface area contributed by atoms with Crippen LogP contribution in [-0.2, 0) is 14.8 Å². The minimum atomic E-state index is -3.89. The quantitative estimate of drug-likeness (QED) is 0.820. The van der Waals surface area contributed by atoms with Gasteiger partial charge in [0.1, 0.15) is 10.7 Å². The van der Waals surface area contributed by atoms with Crippen molar-refractivity contribution in [1.82, 2.24) is 4.72 Å². The van der Waals surface area contributed by atoms with Gasteiger partial charge in [-0.3, -0.25) is 0 Å². The average Bonchev–Trinajstić information content (AvgIpc) is 3.10. The van der Waals surface area contributed by atoms with Crippen LogP contribution in [-0.4, -0.2) is 27.2 Å². The molecule has 7 heteroatoms. The largest absolute Gasteiger partial charge is 0.399 e. The zero-order valence-electron chi connectivity index (χ0n) is 10.9. The topological polar surface area (TPSA) is 81.4 Å². The Labute approximate surface area is 117 Å². The summed E-state index contributed by atoms with van der Waals surface area (Å²) < 4.78 is 46.4. The predicted molar refractivity (Wildman–Crippen MR) is 72.0 cm³/mol. The maximum absolute atomic E-state index is 13.8. The van der Waals surface area contributed by atoms with Crippen molar-refractivity contribution < 1.29 is 17.5 Å². The fraction of sp³-hybridized carbons (Fsp3) is 0.538. The molecule has 1 aromatic rings. The first-order valence-corrected chi connectivity index (χ1v) is 8.14. The van der Waals surface area contributed by atoms with Crippen LogP contribution < -0.4 is 10.5 Å². The van der Waals surface area contributed by atoms with Crippen LogP contribution in [0.15, 0.2) is 23.1 Å². The maximum atomic E-state index is 13.8. The highest BCUT2D eigenvalue weighted by Crippen LogP contribution is 2.39. The van der Waals surface area contributed by atoms with Crippen molar-refractivity contribution in [1.29, 1.82) is 0 Å². The molecule has 1 saturated carbocycles. The van der Waals surface area contributed by atoms with E-state index in [0.29, 0.717) is 18.9 Å². The molecule has 1 aromatic carbocycles. The summed E-state index contributed by atoms with van der Waals surface area (Å²) in [5.41, 5.74) is 5.63. The monoisotopic (exact) mass is 300 g/mol.